The predicted octanol–water partition coefficient (Wildman–Crippen LogP) is -0.180. The molecule has 90 valence electrons. The Bertz CT molecular complexity index is 525. The van der Waals surface area contributed by atoms with Crippen LogP contribution >= 0.6 is 0 Å². The minimum absolute atomic E-state index is 0.142. The first-order chi connectivity index (χ1) is 8.18. The molecule has 0 saturated carbocycles. The summed E-state index contributed by atoms with van der Waals surface area (Å²) in [4.78, 5) is 16.3. The molecule has 0 aliphatic carbocycles. The summed E-state index contributed by atoms with van der Waals surface area (Å²) < 4.78 is 1.56. The highest BCUT2D eigenvalue weighted by atomic mass is 16.4. The molecule has 0 spiro atoms. The molecule has 0 aliphatic heterocycles. The van der Waals surface area contributed by atoms with Gasteiger partial charge in [0.05, 0.1) is 12.4 Å². The lowest BCUT2D eigenvalue weighted by Gasteiger charge is -2.18. The molecule has 0 unspecified atom stereocenters. The van der Waals surface area contributed by atoms with Crippen molar-refractivity contribution in [2.75, 3.05) is 18.5 Å². The van der Waals surface area contributed by atoms with Crippen molar-refractivity contribution >= 4 is 17.4 Å². The fourth-order valence-corrected chi connectivity index (χ4v) is 1.51. The van der Waals surface area contributed by atoms with Gasteiger partial charge in [0.15, 0.2) is 11.5 Å². The summed E-state index contributed by atoms with van der Waals surface area (Å²) in [5.41, 5.74) is 0.563. The highest BCUT2D eigenvalue weighted by Crippen LogP contribution is 2.11. The Morgan fingerprint density at radius 2 is 2.35 bits per heavy atom. The van der Waals surface area contributed by atoms with Crippen LogP contribution in [0.15, 0.2) is 12.4 Å². The number of tetrazole rings is 1. The SMILES string of the molecule is CN(CCCC(=O)O)c1cncc2nnnn12. The Labute approximate surface area is 96.9 Å². The van der Waals surface area contributed by atoms with Crippen molar-refractivity contribution in [3.05, 3.63) is 12.4 Å². The van der Waals surface area contributed by atoms with Gasteiger partial charge in [0.25, 0.3) is 0 Å². The molecule has 0 amide bonds. The molecule has 0 bridgehead atoms. The first-order valence-corrected chi connectivity index (χ1v) is 5.13. The number of aromatic nitrogens is 5. The number of carboxylic acids is 1. The Morgan fingerprint density at radius 1 is 1.53 bits per heavy atom. The summed E-state index contributed by atoms with van der Waals surface area (Å²) >= 11 is 0. The zero-order valence-corrected chi connectivity index (χ0v) is 9.31. The van der Waals surface area contributed by atoms with Crippen molar-refractivity contribution < 1.29 is 9.90 Å². The summed E-state index contributed by atoms with van der Waals surface area (Å²) in [6.45, 7) is 0.604. The number of anilines is 1. The van der Waals surface area contributed by atoms with Crippen LogP contribution in [0.3, 0.4) is 0 Å². The van der Waals surface area contributed by atoms with Crippen molar-refractivity contribution in [2.45, 2.75) is 12.8 Å². The fraction of sp³-hybridized carbons (Fsp3) is 0.444. The monoisotopic (exact) mass is 236 g/mol. The number of hydrogen-bond donors (Lipinski definition) is 1. The van der Waals surface area contributed by atoms with Crippen LogP contribution in [0.5, 0.6) is 0 Å². The van der Waals surface area contributed by atoms with E-state index in [1.165, 1.54) is 0 Å². The largest absolute Gasteiger partial charge is 0.481 e. The van der Waals surface area contributed by atoms with Crippen LogP contribution in [-0.2, 0) is 4.79 Å². The summed E-state index contributed by atoms with van der Waals surface area (Å²) in [5.74, 6) is -0.0601. The van der Waals surface area contributed by atoms with Gasteiger partial charge in [-0.2, -0.15) is 4.52 Å². The highest BCUT2D eigenvalue weighted by Gasteiger charge is 2.09. The summed E-state index contributed by atoms with van der Waals surface area (Å²) in [5, 5.41) is 19.8. The first-order valence-electron chi connectivity index (χ1n) is 5.13. The van der Waals surface area contributed by atoms with E-state index in [4.69, 9.17) is 5.11 Å². The minimum atomic E-state index is -0.794. The third kappa shape index (κ3) is 2.47. The van der Waals surface area contributed by atoms with E-state index in [-0.39, 0.29) is 6.42 Å². The van der Waals surface area contributed by atoms with E-state index in [1.54, 1.807) is 16.9 Å². The van der Waals surface area contributed by atoms with Gasteiger partial charge in [-0.05, 0) is 16.8 Å². The maximum absolute atomic E-state index is 10.4. The molecule has 1 N–H and O–H groups in total. The van der Waals surface area contributed by atoms with Crippen molar-refractivity contribution in [1.29, 1.82) is 0 Å². The Morgan fingerprint density at radius 3 is 3.12 bits per heavy atom. The van der Waals surface area contributed by atoms with Gasteiger partial charge in [0, 0.05) is 20.0 Å². The topological polar surface area (TPSA) is 96.5 Å². The molecule has 8 heteroatoms. The summed E-state index contributed by atoms with van der Waals surface area (Å²) in [7, 11) is 1.85. The molecule has 0 saturated heterocycles. The van der Waals surface area contributed by atoms with Crippen molar-refractivity contribution in [3.8, 4) is 0 Å². The predicted molar refractivity (Wildman–Crippen MR) is 58.7 cm³/mol. The number of fused-ring (bicyclic) bond motifs is 1. The minimum Gasteiger partial charge on any atom is -0.481 e. The van der Waals surface area contributed by atoms with E-state index in [0.717, 1.165) is 5.82 Å². The van der Waals surface area contributed by atoms with Gasteiger partial charge >= 0.3 is 5.97 Å². The number of hydrogen-bond acceptors (Lipinski definition) is 6. The van der Waals surface area contributed by atoms with Gasteiger partial charge in [0.2, 0.25) is 0 Å². The molecule has 0 atom stereocenters. The van der Waals surface area contributed by atoms with Gasteiger partial charge in [-0.3, -0.25) is 9.78 Å². The van der Waals surface area contributed by atoms with Gasteiger partial charge in [-0.25, -0.2) is 0 Å². The van der Waals surface area contributed by atoms with E-state index in [0.29, 0.717) is 18.6 Å². The quantitative estimate of drug-likeness (QED) is 0.769. The number of nitrogens with zero attached hydrogens (tertiary/aromatic N) is 6. The van der Waals surface area contributed by atoms with E-state index >= 15 is 0 Å². The van der Waals surface area contributed by atoms with E-state index < -0.39 is 5.97 Å². The molecule has 8 nitrogen and oxygen atoms in total. The van der Waals surface area contributed by atoms with E-state index in [1.807, 2.05) is 11.9 Å². The molecular weight excluding hydrogens is 224 g/mol. The van der Waals surface area contributed by atoms with Crippen molar-refractivity contribution in [2.24, 2.45) is 0 Å². The molecule has 2 heterocycles. The normalized spacial score (nSPS) is 10.6. The number of rotatable bonds is 5. The molecule has 0 fully saturated rings. The second-order valence-corrected chi connectivity index (χ2v) is 3.63. The number of carbonyl (C=O) groups is 1. The lowest BCUT2D eigenvalue weighted by Crippen LogP contribution is -2.22. The lowest BCUT2D eigenvalue weighted by atomic mass is 10.3. The zero-order valence-electron chi connectivity index (χ0n) is 9.31. The molecule has 0 radical (unpaired) electrons. The Balaban J connectivity index is 2.10. The average molecular weight is 236 g/mol. The Kier molecular flexibility index (Phi) is 3.12. The zero-order chi connectivity index (χ0) is 12.3. The number of aliphatic carboxylic acids is 1. The van der Waals surface area contributed by atoms with E-state index in [2.05, 4.69) is 20.5 Å². The van der Waals surface area contributed by atoms with Crippen LogP contribution < -0.4 is 4.90 Å². The van der Waals surface area contributed by atoms with Crippen LogP contribution in [0.4, 0.5) is 5.82 Å². The molecule has 0 aliphatic rings. The molecule has 0 aromatic carbocycles. The molecule has 2 aromatic rings. The second kappa shape index (κ2) is 4.73. The van der Waals surface area contributed by atoms with Crippen LogP contribution in [0.25, 0.3) is 5.65 Å². The van der Waals surface area contributed by atoms with Crippen molar-refractivity contribution in [1.82, 2.24) is 25.0 Å². The Hall–Kier alpha value is -2.25. The fourth-order valence-electron chi connectivity index (χ4n) is 1.51. The second-order valence-electron chi connectivity index (χ2n) is 3.63. The first kappa shape index (κ1) is 11.2. The maximum Gasteiger partial charge on any atom is 0.303 e. The lowest BCUT2D eigenvalue weighted by molar-refractivity contribution is -0.137. The van der Waals surface area contributed by atoms with Crippen LogP contribution in [-0.4, -0.2) is 49.7 Å². The third-order valence-electron chi connectivity index (χ3n) is 2.37. The molecule has 17 heavy (non-hydrogen) atoms. The smallest absolute Gasteiger partial charge is 0.303 e. The average Bonchev–Trinajstić information content (AvgIpc) is 2.75. The molecule has 2 rings (SSSR count). The maximum atomic E-state index is 10.4. The molecule has 2 aromatic heterocycles. The van der Waals surface area contributed by atoms with Gasteiger partial charge < -0.3 is 10.0 Å². The van der Waals surface area contributed by atoms with Crippen LogP contribution in [0.2, 0.25) is 0 Å². The number of carboxylic acid groups (broad SMARTS) is 1. The standard InChI is InChI=1S/C9H12N6O2/c1-14(4-2-3-9(16)17)8-6-10-5-7-11-12-13-15(7)8/h5-6H,2-4H2,1H3,(H,16,17). The van der Waals surface area contributed by atoms with Crippen LogP contribution in [0.1, 0.15) is 12.8 Å². The molecular formula is C9H12N6O2. The van der Waals surface area contributed by atoms with Gasteiger partial charge in [-0.15, -0.1) is 5.10 Å². The summed E-state index contributed by atoms with van der Waals surface area (Å²) in [6.07, 6.45) is 3.91. The highest BCUT2D eigenvalue weighted by molar-refractivity contribution is 5.66. The van der Waals surface area contributed by atoms with Gasteiger partial charge in [0.1, 0.15) is 0 Å². The van der Waals surface area contributed by atoms with Crippen molar-refractivity contribution in [3.63, 3.8) is 0 Å². The van der Waals surface area contributed by atoms with E-state index in [9.17, 15) is 4.79 Å². The van der Waals surface area contributed by atoms with Crippen LogP contribution in [0, 0.1) is 0 Å². The summed E-state index contributed by atoms with van der Waals surface area (Å²) in [6, 6.07) is 0. The third-order valence-corrected chi connectivity index (χ3v) is 2.37. The van der Waals surface area contributed by atoms with Gasteiger partial charge in [-0.1, -0.05) is 0 Å².